The summed E-state index contributed by atoms with van der Waals surface area (Å²) in [6, 6.07) is 10.4. The summed E-state index contributed by atoms with van der Waals surface area (Å²) in [6.45, 7) is 0.189. The van der Waals surface area contributed by atoms with E-state index in [2.05, 4.69) is 21.2 Å². The van der Waals surface area contributed by atoms with Crippen LogP contribution in [0.3, 0.4) is 0 Å². The summed E-state index contributed by atoms with van der Waals surface area (Å²) < 4.78 is 13.9. The number of hydrogen-bond acceptors (Lipinski definition) is 4. The molecule has 1 N–H and O–H groups in total. The summed E-state index contributed by atoms with van der Waals surface area (Å²) in [4.78, 5) is 10.5. The van der Waals surface area contributed by atoms with E-state index in [-0.39, 0.29) is 23.5 Å². The minimum atomic E-state index is -0.610. The quantitative estimate of drug-likeness (QED) is 0.668. The molecule has 2 aromatic carbocycles. The molecule has 0 bridgehead atoms. The van der Waals surface area contributed by atoms with Gasteiger partial charge in [0.2, 0.25) is 0 Å². The van der Waals surface area contributed by atoms with Crippen molar-refractivity contribution in [3.05, 3.63) is 67.9 Å². The molecule has 0 fully saturated rings. The first-order valence-electron chi connectivity index (χ1n) is 5.88. The third kappa shape index (κ3) is 3.35. The van der Waals surface area contributed by atoms with Gasteiger partial charge in [0.25, 0.3) is 0 Å². The van der Waals surface area contributed by atoms with Crippen LogP contribution in [0, 0.1) is 27.3 Å². The molecule has 0 aliphatic carbocycles. The van der Waals surface area contributed by atoms with Gasteiger partial charge in [-0.2, -0.15) is 5.26 Å². The van der Waals surface area contributed by atoms with Crippen LogP contribution in [0.15, 0.2) is 40.9 Å². The Morgan fingerprint density at radius 3 is 2.81 bits per heavy atom. The molecule has 0 aliphatic rings. The third-order valence-corrected chi connectivity index (χ3v) is 3.59. The van der Waals surface area contributed by atoms with E-state index >= 15 is 0 Å². The van der Waals surface area contributed by atoms with Crippen molar-refractivity contribution in [2.45, 2.75) is 6.54 Å². The molecule has 0 saturated carbocycles. The highest BCUT2D eigenvalue weighted by molar-refractivity contribution is 9.10. The first-order valence-corrected chi connectivity index (χ1v) is 6.67. The number of nitrogens with zero attached hydrogens (tertiary/aromatic N) is 2. The smallest absolute Gasteiger partial charge is 0.309 e. The maximum atomic E-state index is 13.2. The van der Waals surface area contributed by atoms with E-state index in [1.165, 1.54) is 24.3 Å². The number of nitriles is 1. The zero-order valence-electron chi connectivity index (χ0n) is 10.6. The van der Waals surface area contributed by atoms with Crippen LogP contribution in [0.1, 0.15) is 11.1 Å². The molecule has 0 atom stereocenters. The summed E-state index contributed by atoms with van der Waals surface area (Å²) in [5.41, 5.74) is 0.526. The number of nitro benzene ring substituents is 1. The second-order valence-corrected chi connectivity index (χ2v) is 5.01. The number of nitrogens with one attached hydrogen (secondary N) is 1. The molecule has 0 heterocycles. The van der Waals surface area contributed by atoms with Crippen molar-refractivity contribution in [2.24, 2.45) is 0 Å². The van der Waals surface area contributed by atoms with E-state index in [9.17, 15) is 14.5 Å². The maximum absolute atomic E-state index is 13.2. The highest BCUT2D eigenvalue weighted by Gasteiger charge is 2.19. The Hall–Kier alpha value is -2.46. The molecule has 0 spiro atoms. The summed E-state index contributed by atoms with van der Waals surface area (Å²) in [5.74, 6) is -0.393. The van der Waals surface area contributed by atoms with Crippen LogP contribution in [0.5, 0.6) is 0 Å². The first kappa shape index (κ1) is 14.9. The number of para-hydroxylation sites is 1. The molecule has 2 aromatic rings. The van der Waals surface area contributed by atoms with Crippen molar-refractivity contribution >= 4 is 27.3 Å². The zero-order valence-corrected chi connectivity index (χ0v) is 12.2. The molecule has 106 valence electrons. The average Bonchev–Trinajstić information content (AvgIpc) is 2.47. The van der Waals surface area contributed by atoms with Gasteiger partial charge in [-0.05, 0) is 35.9 Å². The van der Waals surface area contributed by atoms with Crippen molar-refractivity contribution in [3.63, 3.8) is 0 Å². The molecule has 0 radical (unpaired) electrons. The molecule has 0 unspecified atom stereocenters. The van der Waals surface area contributed by atoms with E-state index in [1.54, 1.807) is 18.2 Å². The topological polar surface area (TPSA) is 79.0 Å². The van der Waals surface area contributed by atoms with Gasteiger partial charge in [0.1, 0.15) is 23.1 Å². The highest BCUT2D eigenvalue weighted by atomic mass is 79.9. The number of hydrogen-bond donors (Lipinski definition) is 1. The second kappa shape index (κ2) is 6.33. The van der Waals surface area contributed by atoms with Gasteiger partial charge in [0, 0.05) is 11.0 Å². The van der Waals surface area contributed by atoms with E-state index < -0.39 is 10.7 Å². The van der Waals surface area contributed by atoms with Crippen LogP contribution in [0.4, 0.5) is 15.8 Å². The van der Waals surface area contributed by atoms with Crippen LogP contribution in [-0.4, -0.2) is 4.92 Å². The van der Waals surface area contributed by atoms with Gasteiger partial charge in [0.05, 0.1) is 4.92 Å². The molecule has 0 aliphatic heterocycles. The fourth-order valence-electron chi connectivity index (χ4n) is 1.84. The maximum Gasteiger partial charge on any atom is 0.309 e. The van der Waals surface area contributed by atoms with Gasteiger partial charge >= 0.3 is 5.69 Å². The molecular formula is C14H9BrFN3O2. The van der Waals surface area contributed by atoms with E-state index in [0.29, 0.717) is 10.0 Å². The molecule has 7 heteroatoms. The molecule has 0 saturated heterocycles. The van der Waals surface area contributed by atoms with Crippen LogP contribution in [0.25, 0.3) is 0 Å². The highest BCUT2D eigenvalue weighted by Crippen LogP contribution is 2.29. The van der Waals surface area contributed by atoms with Gasteiger partial charge in [-0.3, -0.25) is 10.1 Å². The Morgan fingerprint density at radius 2 is 2.14 bits per heavy atom. The number of nitro groups is 1. The summed E-state index contributed by atoms with van der Waals surface area (Å²) in [5, 5.41) is 22.9. The van der Waals surface area contributed by atoms with Crippen molar-refractivity contribution in [1.82, 2.24) is 0 Å². The lowest BCUT2D eigenvalue weighted by atomic mass is 10.1. The van der Waals surface area contributed by atoms with Gasteiger partial charge in [-0.1, -0.05) is 22.0 Å². The fourth-order valence-corrected chi connectivity index (χ4v) is 2.23. The number of rotatable bonds is 4. The van der Waals surface area contributed by atoms with E-state index in [1.807, 2.05) is 0 Å². The Morgan fingerprint density at radius 1 is 1.38 bits per heavy atom. The minimum absolute atomic E-state index is 0.0247. The fraction of sp³-hybridized carbons (Fsp3) is 0.0714. The predicted octanol–water partition coefficient (Wildman–Crippen LogP) is 3.98. The Labute approximate surface area is 128 Å². The van der Waals surface area contributed by atoms with E-state index in [4.69, 9.17) is 5.26 Å². The standard InChI is InChI=1S/C14H9BrFN3O2/c15-12-5-4-11(16)6-10(12)8-18-13-3-1-2-9(7-17)14(13)19(20)21/h1-6,18H,8H2. The number of anilines is 1. The Kier molecular flexibility index (Phi) is 4.50. The lowest BCUT2D eigenvalue weighted by Crippen LogP contribution is -2.04. The number of halogens is 2. The average molecular weight is 350 g/mol. The summed E-state index contributed by atoms with van der Waals surface area (Å²) in [7, 11) is 0. The zero-order chi connectivity index (χ0) is 15.4. The molecule has 21 heavy (non-hydrogen) atoms. The van der Waals surface area contributed by atoms with Crippen LogP contribution in [0.2, 0.25) is 0 Å². The molecule has 0 aromatic heterocycles. The second-order valence-electron chi connectivity index (χ2n) is 4.16. The minimum Gasteiger partial charge on any atom is -0.375 e. The van der Waals surface area contributed by atoms with Crippen molar-refractivity contribution in [2.75, 3.05) is 5.32 Å². The van der Waals surface area contributed by atoms with E-state index in [0.717, 1.165) is 0 Å². The molecule has 0 amide bonds. The third-order valence-electron chi connectivity index (χ3n) is 2.82. The van der Waals surface area contributed by atoms with Gasteiger partial charge in [-0.25, -0.2) is 4.39 Å². The predicted molar refractivity (Wildman–Crippen MR) is 79.2 cm³/mol. The Bertz CT molecular complexity index is 743. The first-order chi connectivity index (χ1) is 10.0. The normalized spacial score (nSPS) is 9.95. The monoisotopic (exact) mass is 349 g/mol. The van der Waals surface area contributed by atoms with Crippen molar-refractivity contribution < 1.29 is 9.31 Å². The Balaban J connectivity index is 2.31. The largest absolute Gasteiger partial charge is 0.375 e. The van der Waals surface area contributed by atoms with Gasteiger partial charge in [-0.15, -0.1) is 0 Å². The van der Waals surface area contributed by atoms with Crippen molar-refractivity contribution in [3.8, 4) is 6.07 Å². The van der Waals surface area contributed by atoms with Crippen LogP contribution >= 0.6 is 15.9 Å². The summed E-state index contributed by atoms with van der Waals surface area (Å²) >= 11 is 3.29. The number of benzene rings is 2. The molecule has 5 nitrogen and oxygen atoms in total. The van der Waals surface area contributed by atoms with Crippen LogP contribution < -0.4 is 5.32 Å². The van der Waals surface area contributed by atoms with Crippen LogP contribution in [-0.2, 0) is 6.54 Å². The summed E-state index contributed by atoms with van der Waals surface area (Å²) in [6.07, 6.45) is 0. The lowest BCUT2D eigenvalue weighted by molar-refractivity contribution is -0.384. The molecular weight excluding hydrogens is 341 g/mol. The molecule has 2 rings (SSSR count). The van der Waals surface area contributed by atoms with Gasteiger partial charge in [0.15, 0.2) is 0 Å². The SMILES string of the molecule is N#Cc1cccc(NCc2cc(F)ccc2Br)c1[N+](=O)[O-]. The van der Waals surface area contributed by atoms with Crippen molar-refractivity contribution in [1.29, 1.82) is 5.26 Å². The lowest BCUT2D eigenvalue weighted by Gasteiger charge is -2.09. The van der Waals surface area contributed by atoms with Gasteiger partial charge < -0.3 is 5.32 Å².